The van der Waals surface area contributed by atoms with Crippen molar-refractivity contribution >= 4 is 23.7 Å². The van der Waals surface area contributed by atoms with Crippen LogP contribution in [0.5, 0.6) is 0 Å². The first-order valence-electron chi connectivity index (χ1n) is 8.18. The zero-order valence-electron chi connectivity index (χ0n) is 14.2. The lowest BCUT2D eigenvalue weighted by molar-refractivity contribution is -0.141. The van der Waals surface area contributed by atoms with E-state index in [9.17, 15) is 9.59 Å². The summed E-state index contributed by atoms with van der Waals surface area (Å²) < 4.78 is 10.3. The molecule has 0 fully saturated rings. The lowest BCUT2D eigenvalue weighted by Gasteiger charge is -2.09. The standard InChI is InChI=1S/C20H22O4S/c1-16(24-20(22)12-10-18-8-5-13-25-15-18)9-11-19(21)23-14-17-6-3-2-4-7-17/h2-4,6-12,16H,5,13-15H2,1H3/b11-9-,12-10+. The van der Waals surface area contributed by atoms with Gasteiger partial charge in [-0.15, -0.1) is 0 Å². The predicted molar refractivity (Wildman–Crippen MR) is 100 cm³/mol. The fourth-order valence-corrected chi connectivity index (χ4v) is 3.00. The molecule has 0 amide bonds. The molecule has 1 aliphatic heterocycles. The Morgan fingerprint density at radius 3 is 2.72 bits per heavy atom. The van der Waals surface area contributed by atoms with Gasteiger partial charge in [-0.3, -0.25) is 0 Å². The van der Waals surface area contributed by atoms with E-state index >= 15 is 0 Å². The molecule has 1 aromatic rings. The van der Waals surface area contributed by atoms with E-state index in [1.807, 2.05) is 42.1 Å². The average molecular weight is 358 g/mol. The summed E-state index contributed by atoms with van der Waals surface area (Å²) in [6, 6.07) is 9.44. The second-order valence-electron chi connectivity index (χ2n) is 5.55. The van der Waals surface area contributed by atoms with Crippen LogP contribution in [0.2, 0.25) is 0 Å². The van der Waals surface area contributed by atoms with Crippen LogP contribution in [0, 0.1) is 0 Å². The van der Waals surface area contributed by atoms with E-state index in [2.05, 4.69) is 6.08 Å². The smallest absolute Gasteiger partial charge is 0.331 e. The molecule has 1 atom stereocenters. The third kappa shape index (κ3) is 7.90. The van der Waals surface area contributed by atoms with Crippen molar-refractivity contribution in [3.8, 4) is 0 Å². The van der Waals surface area contributed by atoms with Crippen LogP contribution in [0.25, 0.3) is 0 Å². The van der Waals surface area contributed by atoms with E-state index in [0.29, 0.717) is 0 Å². The van der Waals surface area contributed by atoms with Crippen molar-refractivity contribution < 1.29 is 19.1 Å². The highest BCUT2D eigenvalue weighted by molar-refractivity contribution is 7.99. The number of ether oxygens (including phenoxy) is 2. The normalized spacial score (nSPS) is 15.8. The first-order chi connectivity index (χ1) is 12.1. The van der Waals surface area contributed by atoms with Gasteiger partial charge in [0.2, 0.25) is 0 Å². The van der Waals surface area contributed by atoms with Gasteiger partial charge in [0.15, 0.2) is 0 Å². The number of allylic oxidation sites excluding steroid dienone is 2. The van der Waals surface area contributed by atoms with Crippen molar-refractivity contribution in [1.82, 2.24) is 0 Å². The molecule has 25 heavy (non-hydrogen) atoms. The minimum atomic E-state index is -0.504. The van der Waals surface area contributed by atoms with E-state index in [4.69, 9.17) is 9.47 Å². The van der Waals surface area contributed by atoms with Crippen LogP contribution in [-0.2, 0) is 25.7 Å². The van der Waals surface area contributed by atoms with Gasteiger partial charge >= 0.3 is 11.9 Å². The molecule has 1 heterocycles. The lowest BCUT2D eigenvalue weighted by atomic mass is 10.2. The second-order valence-corrected chi connectivity index (χ2v) is 6.65. The fraction of sp³-hybridized carbons (Fsp3) is 0.300. The number of benzene rings is 1. The average Bonchev–Trinajstić information content (AvgIpc) is 2.65. The monoisotopic (exact) mass is 358 g/mol. The van der Waals surface area contributed by atoms with Crippen LogP contribution < -0.4 is 0 Å². The quantitative estimate of drug-likeness (QED) is 0.548. The number of thioether (sulfide) groups is 1. The Kier molecular flexibility index (Phi) is 8.05. The highest BCUT2D eigenvalue weighted by Gasteiger charge is 2.06. The third-order valence-corrected chi connectivity index (χ3v) is 4.46. The van der Waals surface area contributed by atoms with Crippen LogP contribution in [0.3, 0.4) is 0 Å². The summed E-state index contributed by atoms with van der Waals surface area (Å²) >= 11 is 1.85. The molecule has 4 nitrogen and oxygen atoms in total. The maximum Gasteiger partial charge on any atom is 0.331 e. The summed E-state index contributed by atoms with van der Waals surface area (Å²) in [5, 5.41) is 0. The molecule has 1 unspecified atom stereocenters. The molecule has 0 N–H and O–H groups in total. The third-order valence-electron chi connectivity index (χ3n) is 3.40. The zero-order valence-corrected chi connectivity index (χ0v) is 15.0. The largest absolute Gasteiger partial charge is 0.458 e. The Balaban J connectivity index is 1.70. The SMILES string of the molecule is CC(/C=C\C(=O)OCc1ccccc1)OC(=O)/C=C/C1=CCCSC1. The topological polar surface area (TPSA) is 52.6 Å². The number of rotatable bonds is 7. The molecule has 0 aliphatic carbocycles. The van der Waals surface area contributed by atoms with Crippen LogP contribution in [0.4, 0.5) is 0 Å². The minimum absolute atomic E-state index is 0.216. The first-order valence-corrected chi connectivity index (χ1v) is 9.33. The van der Waals surface area contributed by atoms with Crippen molar-refractivity contribution in [3.63, 3.8) is 0 Å². The van der Waals surface area contributed by atoms with E-state index < -0.39 is 18.0 Å². The van der Waals surface area contributed by atoms with E-state index in [-0.39, 0.29) is 6.61 Å². The molecule has 0 saturated carbocycles. The second kappa shape index (κ2) is 10.6. The highest BCUT2D eigenvalue weighted by Crippen LogP contribution is 2.17. The molecular formula is C20H22O4S. The Bertz CT molecular complexity index is 662. The van der Waals surface area contributed by atoms with E-state index in [1.165, 1.54) is 18.2 Å². The highest BCUT2D eigenvalue weighted by atomic mass is 32.2. The fourth-order valence-electron chi connectivity index (χ4n) is 2.12. The summed E-state index contributed by atoms with van der Waals surface area (Å²) in [7, 11) is 0. The van der Waals surface area contributed by atoms with Crippen molar-refractivity contribution in [2.75, 3.05) is 11.5 Å². The molecule has 0 spiro atoms. The molecule has 1 aromatic carbocycles. The predicted octanol–water partition coefficient (Wildman–Crippen LogP) is 3.84. The Morgan fingerprint density at radius 2 is 2.00 bits per heavy atom. The van der Waals surface area contributed by atoms with E-state index in [1.54, 1.807) is 13.0 Å². The Labute approximate surface area is 152 Å². The van der Waals surface area contributed by atoms with Gasteiger partial charge in [-0.2, -0.15) is 11.8 Å². The minimum Gasteiger partial charge on any atom is -0.458 e. The molecule has 132 valence electrons. The molecule has 2 rings (SSSR count). The summed E-state index contributed by atoms with van der Waals surface area (Å²) in [4.78, 5) is 23.4. The summed E-state index contributed by atoms with van der Waals surface area (Å²) in [5.74, 6) is 1.16. The van der Waals surface area contributed by atoms with Gasteiger partial charge in [0.25, 0.3) is 0 Å². The van der Waals surface area contributed by atoms with Gasteiger partial charge in [-0.25, -0.2) is 9.59 Å². The summed E-state index contributed by atoms with van der Waals surface area (Å²) in [6.07, 6.45) is 8.67. The molecular weight excluding hydrogens is 336 g/mol. The number of esters is 2. The molecule has 0 bridgehead atoms. The maximum atomic E-state index is 11.8. The number of carbonyl (C=O) groups excluding carboxylic acids is 2. The van der Waals surface area contributed by atoms with Crippen LogP contribution >= 0.6 is 11.8 Å². The Morgan fingerprint density at radius 1 is 1.20 bits per heavy atom. The van der Waals surface area contributed by atoms with Crippen molar-refractivity contribution in [2.24, 2.45) is 0 Å². The van der Waals surface area contributed by atoms with Gasteiger partial charge in [-0.1, -0.05) is 42.5 Å². The van der Waals surface area contributed by atoms with Crippen LogP contribution in [0.15, 0.2) is 66.3 Å². The van der Waals surface area contributed by atoms with Crippen molar-refractivity contribution in [3.05, 3.63) is 71.8 Å². The Hall–Kier alpha value is -2.27. The van der Waals surface area contributed by atoms with Gasteiger partial charge in [0.1, 0.15) is 12.7 Å². The maximum absolute atomic E-state index is 11.8. The zero-order chi connectivity index (χ0) is 17.9. The van der Waals surface area contributed by atoms with Gasteiger partial charge in [0.05, 0.1) is 0 Å². The van der Waals surface area contributed by atoms with Crippen LogP contribution in [-0.4, -0.2) is 29.5 Å². The van der Waals surface area contributed by atoms with Crippen molar-refractivity contribution in [1.29, 1.82) is 0 Å². The molecule has 5 heteroatoms. The van der Waals surface area contributed by atoms with E-state index in [0.717, 1.165) is 29.1 Å². The molecule has 1 aliphatic rings. The van der Waals surface area contributed by atoms with Crippen LogP contribution in [0.1, 0.15) is 18.9 Å². The molecule has 0 aromatic heterocycles. The summed E-state index contributed by atoms with van der Waals surface area (Å²) in [5.41, 5.74) is 2.06. The van der Waals surface area contributed by atoms with Gasteiger partial charge < -0.3 is 9.47 Å². The molecule has 0 radical (unpaired) electrons. The first kappa shape index (κ1) is 19.1. The number of carbonyl (C=O) groups is 2. The lowest BCUT2D eigenvalue weighted by Crippen LogP contribution is -2.11. The van der Waals surface area contributed by atoms with Gasteiger partial charge in [0, 0.05) is 17.9 Å². The molecule has 0 saturated heterocycles. The summed E-state index contributed by atoms with van der Waals surface area (Å²) in [6.45, 7) is 1.91. The number of hydrogen-bond donors (Lipinski definition) is 0. The van der Waals surface area contributed by atoms with Crippen molar-refractivity contribution in [2.45, 2.75) is 26.1 Å². The van der Waals surface area contributed by atoms with Gasteiger partial charge in [-0.05, 0) is 36.3 Å². The number of hydrogen-bond acceptors (Lipinski definition) is 5.